The minimum atomic E-state index is -2.75. The Bertz CT molecular complexity index is 782. The molecule has 2 atom stereocenters. The van der Waals surface area contributed by atoms with Gasteiger partial charge in [-0.15, -0.1) is 0 Å². The van der Waals surface area contributed by atoms with Gasteiger partial charge in [-0.1, -0.05) is 17.3 Å². The molecule has 1 N–H and O–H groups in total. The van der Waals surface area contributed by atoms with E-state index in [9.17, 15) is 13.6 Å². The maximum absolute atomic E-state index is 12.5. The van der Waals surface area contributed by atoms with Crippen molar-refractivity contribution >= 4 is 5.91 Å². The van der Waals surface area contributed by atoms with Crippen molar-refractivity contribution in [2.75, 3.05) is 19.6 Å². The van der Waals surface area contributed by atoms with E-state index < -0.39 is 12.7 Å². The molecule has 0 aliphatic carbocycles. The summed E-state index contributed by atoms with van der Waals surface area (Å²) in [5.41, 5.74) is 1.29. The summed E-state index contributed by atoms with van der Waals surface area (Å²) >= 11 is 0. The van der Waals surface area contributed by atoms with Crippen molar-refractivity contribution in [3.05, 3.63) is 35.7 Å². The van der Waals surface area contributed by atoms with E-state index >= 15 is 0 Å². The molecular formula is C19H24F2N4O3. The number of likely N-dealkylation sites (tertiary alicyclic amines) is 1. The lowest BCUT2D eigenvalue weighted by Crippen LogP contribution is -2.47. The van der Waals surface area contributed by atoms with E-state index in [4.69, 9.17) is 4.52 Å². The van der Waals surface area contributed by atoms with Gasteiger partial charge in [-0.3, -0.25) is 9.69 Å². The molecule has 1 aliphatic rings. The number of rotatable bonds is 7. The molecule has 7 nitrogen and oxygen atoms in total. The van der Waals surface area contributed by atoms with Gasteiger partial charge in [-0.25, -0.2) is 0 Å². The van der Waals surface area contributed by atoms with Crippen LogP contribution < -0.4 is 5.32 Å². The molecule has 152 valence electrons. The van der Waals surface area contributed by atoms with Crippen molar-refractivity contribution in [2.45, 2.75) is 45.4 Å². The van der Waals surface area contributed by atoms with Gasteiger partial charge < -0.3 is 14.6 Å². The number of ether oxygens (including phenoxy) is 1. The summed E-state index contributed by atoms with van der Waals surface area (Å²) in [7, 11) is 0. The first kappa shape index (κ1) is 20.3. The van der Waals surface area contributed by atoms with Gasteiger partial charge in [0, 0.05) is 37.2 Å². The second-order valence-corrected chi connectivity index (χ2v) is 7.01. The average Bonchev–Trinajstić information content (AvgIpc) is 3.08. The molecule has 1 fully saturated rings. The van der Waals surface area contributed by atoms with Gasteiger partial charge in [0.05, 0.1) is 6.10 Å². The van der Waals surface area contributed by atoms with Crippen molar-refractivity contribution < 1.29 is 22.8 Å². The van der Waals surface area contributed by atoms with Crippen LogP contribution in [-0.4, -0.2) is 59.3 Å². The van der Waals surface area contributed by atoms with Crippen LogP contribution >= 0.6 is 0 Å². The molecule has 0 bridgehead atoms. The van der Waals surface area contributed by atoms with Crippen LogP contribution in [0, 0.1) is 6.92 Å². The fraction of sp³-hybridized carbons (Fsp3) is 0.526. The van der Waals surface area contributed by atoms with Crippen molar-refractivity contribution in [2.24, 2.45) is 0 Å². The maximum atomic E-state index is 12.5. The highest BCUT2D eigenvalue weighted by atomic mass is 19.3. The number of carbonyl (C=O) groups is 1. The van der Waals surface area contributed by atoms with E-state index in [-0.39, 0.29) is 11.9 Å². The van der Waals surface area contributed by atoms with Crippen LogP contribution in [0.15, 0.2) is 28.8 Å². The molecule has 1 aromatic carbocycles. The van der Waals surface area contributed by atoms with E-state index in [1.807, 2.05) is 11.8 Å². The number of aryl methyl sites for hydroxylation is 1. The molecule has 1 amide bonds. The number of nitrogens with one attached hydrogen (secondary N) is 1. The van der Waals surface area contributed by atoms with Crippen molar-refractivity contribution in [1.82, 2.24) is 20.4 Å². The fourth-order valence-electron chi connectivity index (χ4n) is 3.36. The number of hydrogen-bond acceptors (Lipinski definition) is 6. The molecule has 3 rings (SSSR count). The quantitative estimate of drug-likeness (QED) is 0.778. The third-order valence-electron chi connectivity index (χ3n) is 4.60. The second-order valence-electron chi connectivity index (χ2n) is 7.01. The number of hydrogen-bond donors (Lipinski definition) is 1. The Morgan fingerprint density at radius 3 is 2.79 bits per heavy atom. The largest absolute Gasteiger partial charge is 0.348 e. The number of alkyl halides is 2. The molecule has 1 saturated heterocycles. The van der Waals surface area contributed by atoms with Gasteiger partial charge in [-0.2, -0.15) is 13.8 Å². The van der Waals surface area contributed by atoms with Gasteiger partial charge in [0.25, 0.3) is 5.91 Å². The zero-order chi connectivity index (χ0) is 20.1. The van der Waals surface area contributed by atoms with E-state index in [0.717, 1.165) is 18.5 Å². The van der Waals surface area contributed by atoms with Gasteiger partial charge in [0.2, 0.25) is 11.7 Å². The zero-order valence-electron chi connectivity index (χ0n) is 15.9. The molecule has 0 saturated carbocycles. The van der Waals surface area contributed by atoms with Gasteiger partial charge in [0.15, 0.2) is 0 Å². The van der Waals surface area contributed by atoms with Crippen molar-refractivity contribution in [3.63, 3.8) is 0 Å². The molecule has 0 unspecified atom stereocenters. The third kappa shape index (κ3) is 5.56. The molecule has 0 radical (unpaired) electrons. The molecule has 28 heavy (non-hydrogen) atoms. The summed E-state index contributed by atoms with van der Waals surface area (Å²) in [6.45, 7) is 2.69. The Balaban J connectivity index is 1.51. The number of amides is 1. The van der Waals surface area contributed by atoms with E-state index in [0.29, 0.717) is 36.8 Å². The number of halogens is 2. The first-order chi connectivity index (χ1) is 13.4. The van der Waals surface area contributed by atoms with E-state index in [1.54, 1.807) is 31.2 Å². The number of carbonyl (C=O) groups excluding carboxylic acids is 1. The average molecular weight is 394 g/mol. The predicted octanol–water partition coefficient (Wildman–Crippen LogP) is 2.87. The van der Waals surface area contributed by atoms with Crippen LogP contribution in [0.4, 0.5) is 8.78 Å². The Morgan fingerprint density at radius 1 is 1.39 bits per heavy atom. The normalized spacial score (nSPS) is 19.0. The summed E-state index contributed by atoms with van der Waals surface area (Å²) in [6.07, 6.45) is 0.973. The lowest BCUT2D eigenvalue weighted by molar-refractivity contribution is -0.174. The first-order valence-corrected chi connectivity index (χ1v) is 9.28. The highest BCUT2D eigenvalue weighted by Crippen LogP contribution is 2.17. The Kier molecular flexibility index (Phi) is 6.69. The summed E-state index contributed by atoms with van der Waals surface area (Å²) in [6, 6.07) is 6.81. The van der Waals surface area contributed by atoms with E-state index in [2.05, 4.69) is 20.2 Å². The monoisotopic (exact) mass is 394 g/mol. The lowest BCUT2D eigenvalue weighted by Gasteiger charge is -2.34. The number of benzene rings is 1. The van der Waals surface area contributed by atoms with Crippen LogP contribution in [0.5, 0.6) is 0 Å². The maximum Gasteiger partial charge on any atom is 0.345 e. The first-order valence-electron chi connectivity index (χ1n) is 9.28. The molecule has 2 aromatic rings. The topological polar surface area (TPSA) is 80.5 Å². The summed E-state index contributed by atoms with van der Waals surface area (Å²) < 4.78 is 34.4. The van der Waals surface area contributed by atoms with Crippen molar-refractivity contribution in [1.29, 1.82) is 0 Å². The predicted molar refractivity (Wildman–Crippen MR) is 98.0 cm³/mol. The summed E-state index contributed by atoms with van der Waals surface area (Å²) in [4.78, 5) is 18.7. The number of piperidine rings is 1. The van der Waals surface area contributed by atoms with Gasteiger partial charge in [-0.05, 0) is 38.4 Å². The van der Waals surface area contributed by atoms with Crippen LogP contribution in [-0.2, 0) is 4.74 Å². The summed E-state index contributed by atoms with van der Waals surface area (Å²) in [5.74, 6) is 0.758. The van der Waals surface area contributed by atoms with Crippen LogP contribution in [0.25, 0.3) is 11.4 Å². The van der Waals surface area contributed by atoms with Crippen LogP contribution in [0.2, 0.25) is 0 Å². The molecule has 2 heterocycles. The molecule has 9 heteroatoms. The molecular weight excluding hydrogens is 370 g/mol. The highest BCUT2D eigenvalue weighted by molar-refractivity contribution is 5.94. The SMILES string of the molecule is Cc1nc(-c2ccc(C(=O)N[C@H](C)CN3CCC[C@H](OC(F)F)C3)cc2)no1. The smallest absolute Gasteiger partial charge is 0.345 e. The standard InChI is InChI=1S/C19H24F2N4O3/c1-12(10-25-9-3-4-16(11-25)27-19(20)21)22-18(26)15-7-5-14(6-8-15)17-23-13(2)28-24-17/h5-8,12,16,19H,3-4,9-11H2,1-2H3,(H,22,26)/t12-,16+/m1/s1. The number of nitrogens with zero attached hydrogens (tertiary/aromatic N) is 3. The third-order valence-corrected chi connectivity index (χ3v) is 4.60. The fourth-order valence-corrected chi connectivity index (χ4v) is 3.36. The highest BCUT2D eigenvalue weighted by Gasteiger charge is 2.24. The summed E-state index contributed by atoms with van der Waals surface area (Å²) in [5, 5.41) is 6.79. The minimum Gasteiger partial charge on any atom is -0.348 e. The zero-order valence-corrected chi connectivity index (χ0v) is 15.9. The Labute approximate surface area is 162 Å². The van der Waals surface area contributed by atoms with Gasteiger partial charge in [0.1, 0.15) is 0 Å². The van der Waals surface area contributed by atoms with E-state index in [1.165, 1.54) is 0 Å². The van der Waals surface area contributed by atoms with Crippen LogP contribution in [0.3, 0.4) is 0 Å². The van der Waals surface area contributed by atoms with Crippen molar-refractivity contribution in [3.8, 4) is 11.4 Å². The molecule has 1 aromatic heterocycles. The lowest BCUT2D eigenvalue weighted by atomic mass is 10.1. The Hall–Kier alpha value is -2.39. The Morgan fingerprint density at radius 2 is 2.14 bits per heavy atom. The second kappa shape index (κ2) is 9.20. The molecule has 0 spiro atoms. The minimum absolute atomic E-state index is 0.127. The molecule has 1 aliphatic heterocycles. The van der Waals surface area contributed by atoms with Crippen LogP contribution in [0.1, 0.15) is 36.0 Å². The number of aromatic nitrogens is 2. The van der Waals surface area contributed by atoms with Gasteiger partial charge >= 0.3 is 6.61 Å².